The van der Waals surface area contributed by atoms with Crippen LogP contribution in [0.2, 0.25) is 5.02 Å². The topological polar surface area (TPSA) is 85.9 Å². The maximum atomic E-state index is 11.5. The number of aryl methyl sites for hydroxylation is 1. The molecule has 0 spiro atoms. The van der Waals surface area contributed by atoms with Gasteiger partial charge in [-0.2, -0.15) is 0 Å². The van der Waals surface area contributed by atoms with Gasteiger partial charge >= 0.3 is 5.69 Å². The maximum absolute atomic E-state index is 11.5. The molecule has 1 heterocycles. The van der Waals surface area contributed by atoms with Crippen molar-refractivity contribution in [1.82, 2.24) is 9.97 Å². The summed E-state index contributed by atoms with van der Waals surface area (Å²) >= 11 is 5.76. The molecule has 18 heavy (non-hydrogen) atoms. The van der Waals surface area contributed by atoms with Crippen molar-refractivity contribution in [2.45, 2.75) is 12.8 Å². The highest BCUT2D eigenvalue weighted by Gasteiger charge is 2.08. The molecule has 0 saturated heterocycles. The van der Waals surface area contributed by atoms with Crippen molar-refractivity contribution in [2.24, 2.45) is 0 Å². The number of aromatic nitrogens is 2. The molecule has 94 valence electrons. The van der Waals surface area contributed by atoms with E-state index < -0.39 is 11.2 Å². The summed E-state index contributed by atoms with van der Waals surface area (Å²) in [4.78, 5) is 26.6. The summed E-state index contributed by atoms with van der Waals surface area (Å²) in [6.45, 7) is 0. The Morgan fingerprint density at radius 2 is 1.72 bits per heavy atom. The molecule has 0 unspecified atom stereocenters. The highest BCUT2D eigenvalue weighted by atomic mass is 35.5. The Kier molecular flexibility index (Phi) is 3.53. The molecule has 3 N–H and O–H groups in total. The third-order valence-electron chi connectivity index (χ3n) is 2.60. The van der Waals surface area contributed by atoms with E-state index >= 15 is 0 Å². The van der Waals surface area contributed by atoms with Crippen LogP contribution in [0.25, 0.3) is 0 Å². The van der Waals surface area contributed by atoms with Gasteiger partial charge in [0.25, 0.3) is 5.56 Å². The van der Waals surface area contributed by atoms with Gasteiger partial charge in [0.05, 0.1) is 5.56 Å². The van der Waals surface area contributed by atoms with E-state index in [1.807, 2.05) is 12.1 Å². The number of halogens is 1. The fourth-order valence-corrected chi connectivity index (χ4v) is 1.78. The van der Waals surface area contributed by atoms with E-state index in [-0.39, 0.29) is 11.4 Å². The molecule has 0 saturated carbocycles. The zero-order valence-electron chi connectivity index (χ0n) is 9.37. The summed E-state index contributed by atoms with van der Waals surface area (Å²) in [5.41, 5.74) is -0.119. The van der Waals surface area contributed by atoms with Gasteiger partial charge in [0.15, 0.2) is 0 Å². The van der Waals surface area contributed by atoms with Crippen molar-refractivity contribution in [3.63, 3.8) is 0 Å². The number of hydrogen-bond donors (Lipinski definition) is 3. The third-order valence-corrected chi connectivity index (χ3v) is 2.85. The van der Waals surface area contributed by atoms with Gasteiger partial charge in [-0.3, -0.25) is 14.8 Å². The van der Waals surface area contributed by atoms with Gasteiger partial charge < -0.3 is 5.11 Å². The van der Waals surface area contributed by atoms with Crippen molar-refractivity contribution in [1.29, 1.82) is 0 Å². The normalized spacial score (nSPS) is 10.5. The zero-order chi connectivity index (χ0) is 13.1. The average molecular weight is 267 g/mol. The van der Waals surface area contributed by atoms with Crippen molar-refractivity contribution in [3.8, 4) is 5.88 Å². The molecule has 2 aromatic rings. The van der Waals surface area contributed by atoms with Crippen LogP contribution in [0.5, 0.6) is 5.88 Å². The van der Waals surface area contributed by atoms with Crippen LogP contribution in [0.4, 0.5) is 0 Å². The monoisotopic (exact) mass is 266 g/mol. The zero-order valence-corrected chi connectivity index (χ0v) is 10.1. The number of aromatic hydroxyl groups is 1. The Morgan fingerprint density at radius 3 is 2.33 bits per heavy atom. The van der Waals surface area contributed by atoms with Crippen LogP contribution in [0.1, 0.15) is 11.1 Å². The van der Waals surface area contributed by atoms with E-state index in [0.717, 1.165) is 5.56 Å². The molecule has 1 aromatic carbocycles. The molecule has 0 radical (unpaired) electrons. The van der Waals surface area contributed by atoms with Crippen LogP contribution < -0.4 is 11.2 Å². The Labute approximate surface area is 107 Å². The molecule has 0 aliphatic rings. The first-order chi connectivity index (χ1) is 8.56. The quantitative estimate of drug-likeness (QED) is 0.780. The first-order valence-electron chi connectivity index (χ1n) is 5.35. The highest BCUT2D eigenvalue weighted by molar-refractivity contribution is 6.30. The summed E-state index contributed by atoms with van der Waals surface area (Å²) in [5, 5.41) is 10.1. The minimum atomic E-state index is -0.715. The number of rotatable bonds is 3. The standard InChI is InChI=1S/C12H11ClN2O3/c13-8-4-1-7(2-5-8)3-6-9-10(16)14-12(18)15-11(9)17/h1-2,4-5H,3,6H2,(H3,14,15,16,17,18). The van der Waals surface area contributed by atoms with Crippen LogP contribution in [0, 0.1) is 0 Å². The molecule has 6 heteroatoms. The predicted octanol–water partition coefficient (Wildman–Crippen LogP) is 1.21. The molecular formula is C12H11ClN2O3. The smallest absolute Gasteiger partial charge is 0.328 e. The fourth-order valence-electron chi connectivity index (χ4n) is 1.65. The van der Waals surface area contributed by atoms with Crippen molar-refractivity contribution < 1.29 is 5.11 Å². The number of H-pyrrole nitrogens is 2. The summed E-state index contributed by atoms with van der Waals surface area (Å²) in [5.74, 6) is -0.377. The van der Waals surface area contributed by atoms with Gasteiger partial charge in [0.1, 0.15) is 0 Å². The minimum absolute atomic E-state index is 0.171. The Balaban J connectivity index is 2.18. The molecule has 0 fully saturated rings. The van der Waals surface area contributed by atoms with Gasteiger partial charge in [-0.25, -0.2) is 4.79 Å². The largest absolute Gasteiger partial charge is 0.494 e. The number of aromatic amines is 2. The lowest BCUT2D eigenvalue weighted by Gasteiger charge is -2.03. The SMILES string of the molecule is O=c1[nH]c(O)c(CCc2ccc(Cl)cc2)c(=O)[nH]1. The van der Waals surface area contributed by atoms with Gasteiger partial charge in [-0.1, -0.05) is 23.7 Å². The van der Waals surface area contributed by atoms with Crippen LogP contribution in [-0.4, -0.2) is 15.1 Å². The summed E-state index contributed by atoms with van der Waals surface area (Å²) in [7, 11) is 0. The van der Waals surface area contributed by atoms with Crippen LogP contribution in [0.3, 0.4) is 0 Å². The van der Waals surface area contributed by atoms with Gasteiger partial charge in [0.2, 0.25) is 5.88 Å². The molecule has 0 amide bonds. The summed E-state index contributed by atoms with van der Waals surface area (Å²) < 4.78 is 0. The van der Waals surface area contributed by atoms with E-state index in [4.69, 9.17) is 11.6 Å². The van der Waals surface area contributed by atoms with Gasteiger partial charge in [-0.05, 0) is 30.5 Å². The molecular weight excluding hydrogens is 256 g/mol. The molecule has 0 atom stereocenters. The minimum Gasteiger partial charge on any atom is -0.494 e. The molecule has 5 nitrogen and oxygen atoms in total. The average Bonchev–Trinajstić information content (AvgIpc) is 2.30. The van der Waals surface area contributed by atoms with E-state index in [0.29, 0.717) is 17.9 Å². The second-order valence-electron chi connectivity index (χ2n) is 3.86. The van der Waals surface area contributed by atoms with Crippen molar-refractivity contribution >= 4 is 11.6 Å². The van der Waals surface area contributed by atoms with Gasteiger partial charge in [0, 0.05) is 5.02 Å². The van der Waals surface area contributed by atoms with E-state index in [2.05, 4.69) is 9.97 Å². The third kappa shape index (κ3) is 2.81. The van der Waals surface area contributed by atoms with E-state index in [1.165, 1.54) is 0 Å². The lowest BCUT2D eigenvalue weighted by molar-refractivity contribution is 0.440. The Hall–Kier alpha value is -2.01. The maximum Gasteiger partial charge on any atom is 0.328 e. The second-order valence-corrected chi connectivity index (χ2v) is 4.30. The predicted molar refractivity (Wildman–Crippen MR) is 68.2 cm³/mol. The fraction of sp³-hybridized carbons (Fsp3) is 0.167. The van der Waals surface area contributed by atoms with Crippen molar-refractivity contribution in [3.05, 3.63) is 61.3 Å². The van der Waals surface area contributed by atoms with Crippen LogP contribution >= 0.6 is 11.6 Å². The summed E-state index contributed by atoms with van der Waals surface area (Å²) in [6.07, 6.45) is 0.902. The Bertz CT molecular complexity index is 658. The second kappa shape index (κ2) is 5.10. The molecule has 2 rings (SSSR count). The molecule has 0 aliphatic carbocycles. The summed E-state index contributed by atoms with van der Waals surface area (Å²) in [6, 6.07) is 7.21. The van der Waals surface area contributed by atoms with Crippen molar-refractivity contribution in [2.75, 3.05) is 0 Å². The van der Waals surface area contributed by atoms with Crippen LogP contribution in [0.15, 0.2) is 33.9 Å². The lowest BCUT2D eigenvalue weighted by atomic mass is 10.1. The lowest BCUT2D eigenvalue weighted by Crippen LogP contribution is -2.25. The number of nitrogens with one attached hydrogen (secondary N) is 2. The van der Waals surface area contributed by atoms with Crippen LogP contribution in [-0.2, 0) is 12.8 Å². The number of hydrogen-bond acceptors (Lipinski definition) is 3. The molecule has 0 aliphatic heterocycles. The van der Waals surface area contributed by atoms with Gasteiger partial charge in [-0.15, -0.1) is 0 Å². The molecule has 0 bridgehead atoms. The first kappa shape index (κ1) is 12.4. The van der Waals surface area contributed by atoms with E-state index in [1.54, 1.807) is 12.1 Å². The highest BCUT2D eigenvalue weighted by Crippen LogP contribution is 2.13. The van der Waals surface area contributed by atoms with E-state index in [9.17, 15) is 14.7 Å². The molecule has 1 aromatic heterocycles. The Morgan fingerprint density at radius 1 is 1.06 bits per heavy atom. The number of benzene rings is 1. The first-order valence-corrected chi connectivity index (χ1v) is 5.73.